The van der Waals surface area contributed by atoms with Crippen molar-refractivity contribution in [3.8, 4) is 11.5 Å². The molecule has 0 fully saturated rings. The van der Waals surface area contributed by atoms with Gasteiger partial charge in [-0.2, -0.15) is 0 Å². The number of rotatable bonds is 6. The predicted molar refractivity (Wildman–Crippen MR) is 91.9 cm³/mol. The lowest BCUT2D eigenvalue weighted by molar-refractivity contribution is 0.479. The lowest BCUT2D eigenvalue weighted by Crippen LogP contribution is -2.18. The number of aryl methyl sites for hydroxylation is 1. The molecule has 0 heterocycles. The van der Waals surface area contributed by atoms with Crippen molar-refractivity contribution in [2.24, 2.45) is 5.92 Å². The number of hydrogen-bond donors (Lipinski definition) is 1. The van der Waals surface area contributed by atoms with Crippen molar-refractivity contribution in [3.05, 3.63) is 58.1 Å². The third-order valence-electron chi connectivity index (χ3n) is 3.12. The molecule has 0 aliphatic rings. The fourth-order valence-corrected chi connectivity index (χ4v) is 2.57. The van der Waals surface area contributed by atoms with Crippen molar-refractivity contribution in [1.29, 1.82) is 0 Å². The Labute approximate surface area is 135 Å². The van der Waals surface area contributed by atoms with Gasteiger partial charge in [0.2, 0.25) is 0 Å². The van der Waals surface area contributed by atoms with E-state index < -0.39 is 0 Å². The van der Waals surface area contributed by atoms with Gasteiger partial charge >= 0.3 is 0 Å². The summed E-state index contributed by atoms with van der Waals surface area (Å²) < 4.78 is 6.87. The van der Waals surface area contributed by atoms with Crippen LogP contribution >= 0.6 is 15.9 Å². The fourth-order valence-electron chi connectivity index (χ4n) is 2.00. The normalized spacial score (nSPS) is 10.9. The molecule has 0 aromatic heterocycles. The molecule has 3 heteroatoms. The Morgan fingerprint density at radius 1 is 1.10 bits per heavy atom. The molecule has 2 aromatic rings. The second kappa shape index (κ2) is 7.62. The maximum absolute atomic E-state index is 5.89. The maximum Gasteiger partial charge on any atom is 0.141 e. The summed E-state index contributed by atoms with van der Waals surface area (Å²) in [5, 5.41) is 3.44. The zero-order chi connectivity index (χ0) is 15.2. The predicted octanol–water partition coefficient (Wildman–Crippen LogP) is 5.30. The van der Waals surface area contributed by atoms with Crippen molar-refractivity contribution < 1.29 is 4.74 Å². The van der Waals surface area contributed by atoms with Crippen LogP contribution in [0.5, 0.6) is 11.5 Å². The van der Waals surface area contributed by atoms with E-state index in [2.05, 4.69) is 60.2 Å². The minimum atomic E-state index is 0.673. The van der Waals surface area contributed by atoms with Crippen LogP contribution in [-0.2, 0) is 6.54 Å². The second-order valence-corrected chi connectivity index (χ2v) is 6.56. The molecule has 0 amide bonds. The van der Waals surface area contributed by atoms with E-state index in [0.29, 0.717) is 5.92 Å². The first-order valence-corrected chi connectivity index (χ1v) is 8.07. The molecule has 0 saturated heterocycles. The fraction of sp³-hybridized carbons (Fsp3) is 0.333. The molecule has 0 radical (unpaired) electrons. The summed E-state index contributed by atoms with van der Waals surface area (Å²) in [5.74, 6) is 2.37. The summed E-state index contributed by atoms with van der Waals surface area (Å²) >= 11 is 3.53. The van der Waals surface area contributed by atoms with E-state index in [1.807, 2.05) is 24.3 Å². The molecule has 2 nitrogen and oxygen atoms in total. The molecule has 0 bridgehead atoms. The zero-order valence-corrected chi connectivity index (χ0v) is 14.4. The van der Waals surface area contributed by atoms with Gasteiger partial charge in [0.1, 0.15) is 11.5 Å². The molecular formula is C18H22BrNO. The van der Waals surface area contributed by atoms with Crippen molar-refractivity contribution in [2.75, 3.05) is 6.54 Å². The second-order valence-electron chi connectivity index (χ2n) is 5.70. The largest absolute Gasteiger partial charge is 0.456 e. The molecule has 21 heavy (non-hydrogen) atoms. The highest BCUT2D eigenvalue weighted by molar-refractivity contribution is 9.10. The van der Waals surface area contributed by atoms with Gasteiger partial charge in [0.15, 0.2) is 0 Å². The quantitative estimate of drug-likeness (QED) is 0.765. The summed E-state index contributed by atoms with van der Waals surface area (Å²) in [6, 6.07) is 14.3. The molecule has 2 rings (SSSR count). The highest BCUT2D eigenvalue weighted by Crippen LogP contribution is 2.30. The number of halogens is 1. The van der Waals surface area contributed by atoms with Crippen LogP contribution in [0.15, 0.2) is 46.9 Å². The Bertz CT molecular complexity index is 578. The van der Waals surface area contributed by atoms with Crippen LogP contribution < -0.4 is 10.1 Å². The van der Waals surface area contributed by atoms with Gasteiger partial charge in [-0.15, -0.1) is 0 Å². The number of hydrogen-bond acceptors (Lipinski definition) is 2. The van der Waals surface area contributed by atoms with E-state index in [1.54, 1.807) is 0 Å². The van der Waals surface area contributed by atoms with E-state index in [9.17, 15) is 0 Å². The van der Waals surface area contributed by atoms with Gasteiger partial charge in [0, 0.05) is 6.54 Å². The van der Waals surface area contributed by atoms with Crippen molar-refractivity contribution in [2.45, 2.75) is 27.3 Å². The van der Waals surface area contributed by atoms with Crippen LogP contribution in [0, 0.1) is 12.8 Å². The van der Waals surface area contributed by atoms with Crippen LogP contribution in [0.1, 0.15) is 25.0 Å². The standard InChI is InChI=1S/C18H22BrNO/c1-13(2)11-20-12-15-5-7-16(8-6-15)21-18-9-4-14(3)10-17(18)19/h4-10,13,20H,11-12H2,1-3H3. The first kappa shape index (κ1) is 16.1. The van der Waals surface area contributed by atoms with Crippen LogP contribution in [0.2, 0.25) is 0 Å². The Morgan fingerprint density at radius 2 is 1.81 bits per heavy atom. The van der Waals surface area contributed by atoms with E-state index in [0.717, 1.165) is 29.1 Å². The lowest BCUT2D eigenvalue weighted by Gasteiger charge is -2.10. The van der Waals surface area contributed by atoms with Gasteiger partial charge in [0.25, 0.3) is 0 Å². The van der Waals surface area contributed by atoms with Crippen LogP contribution in [0.4, 0.5) is 0 Å². The molecule has 112 valence electrons. The number of benzene rings is 2. The molecule has 0 spiro atoms. The van der Waals surface area contributed by atoms with E-state index in [1.165, 1.54) is 11.1 Å². The van der Waals surface area contributed by atoms with Gasteiger partial charge in [-0.25, -0.2) is 0 Å². The van der Waals surface area contributed by atoms with Gasteiger partial charge in [0.05, 0.1) is 4.47 Å². The van der Waals surface area contributed by atoms with Crippen molar-refractivity contribution in [1.82, 2.24) is 5.32 Å². The first-order chi connectivity index (χ1) is 10.0. The Morgan fingerprint density at radius 3 is 2.43 bits per heavy atom. The molecule has 0 aliphatic heterocycles. The maximum atomic E-state index is 5.89. The molecule has 2 aromatic carbocycles. The summed E-state index contributed by atoms with van der Waals surface area (Å²) in [5.41, 5.74) is 2.48. The summed E-state index contributed by atoms with van der Waals surface area (Å²) in [6.45, 7) is 8.42. The average Bonchev–Trinajstić information content (AvgIpc) is 2.43. The van der Waals surface area contributed by atoms with E-state index in [4.69, 9.17) is 4.74 Å². The topological polar surface area (TPSA) is 21.3 Å². The lowest BCUT2D eigenvalue weighted by atomic mass is 10.2. The zero-order valence-electron chi connectivity index (χ0n) is 12.8. The SMILES string of the molecule is Cc1ccc(Oc2ccc(CNCC(C)C)cc2)c(Br)c1. The van der Waals surface area contributed by atoms with E-state index in [-0.39, 0.29) is 0 Å². The van der Waals surface area contributed by atoms with Crippen LogP contribution in [-0.4, -0.2) is 6.54 Å². The highest BCUT2D eigenvalue weighted by Gasteiger charge is 2.03. The first-order valence-electron chi connectivity index (χ1n) is 7.28. The highest BCUT2D eigenvalue weighted by atomic mass is 79.9. The summed E-state index contributed by atoms with van der Waals surface area (Å²) in [7, 11) is 0. The van der Waals surface area contributed by atoms with Gasteiger partial charge in [-0.05, 0) is 70.7 Å². The Hall–Kier alpha value is -1.32. The Kier molecular flexibility index (Phi) is 5.83. The van der Waals surface area contributed by atoms with Gasteiger partial charge in [-0.3, -0.25) is 0 Å². The minimum Gasteiger partial charge on any atom is -0.456 e. The Balaban J connectivity index is 1.95. The summed E-state index contributed by atoms with van der Waals surface area (Å²) in [6.07, 6.45) is 0. The molecular weight excluding hydrogens is 326 g/mol. The average molecular weight is 348 g/mol. The molecule has 0 atom stereocenters. The van der Waals surface area contributed by atoms with Crippen molar-refractivity contribution in [3.63, 3.8) is 0 Å². The van der Waals surface area contributed by atoms with E-state index >= 15 is 0 Å². The molecule has 1 N–H and O–H groups in total. The van der Waals surface area contributed by atoms with Crippen LogP contribution in [0.3, 0.4) is 0 Å². The molecule has 0 saturated carbocycles. The molecule has 0 unspecified atom stereocenters. The number of ether oxygens (including phenoxy) is 1. The number of nitrogens with one attached hydrogen (secondary N) is 1. The smallest absolute Gasteiger partial charge is 0.141 e. The monoisotopic (exact) mass is 347 g/mol. The third kappa shape index (κ3) is 5.18. The van der Waals surface area contributed by atoms with Crippen LogP contribution in [0.25, 0.3) is 0 Å². The molecule has 0 aliphatic carbocycles. The van der Waals surface area contributed by atoms with Crippen molar-refractivity contribution >= 4 is 15.9 Å². The summed E-state index contributed by atoms with van der Waals surface area (Å²) in [4.78, 5) is 0. The van der Waals surface area contributed by atoms with Gasteiger partial charge in [-0.1, -0.05) is 32.0 Å². The minimum absolute atomic E-state index is 0.673. The third-order valence-corrected chi connectivity index (χ3v) is 3.74. The van der Waals surface area contributed by atoms with Gasteiger partial charge < -0.3 is 10.1 Å².